The molecule has 0 atom stereocenters. The molecule has 0 heterocycles. The van der Waals surface area contributed by atoms with Gasteiger partial charge in [-0.05, 0) is 43.0 Å². The van der Waals surface area contributed by atoms with Crippen LogP contribution >= 0.6 is 0 Å². The van der Waals surface area contributed by atoms with Crippen molar-refractivity contribution < 1.29 is 35.2 Å². The van der Waals surface area contributed by atoms with Crippen molar-refractivity contribution in [2.75, 3.05) is 13.1 Å². The number of phenolic OH excluding ortho intramolecular Hbond substituents is 4. The number of carboxylic acid groups (broad SMARTS) is 1. The maximum atomic E-state index is 11.0. The van der Waals surface area contributed by atoms with Gasteiger partial charge in [0.2, 0.25) is 5.75 Å². The average molecular weight is 378 g/mol. The SMILES string of the molecule is O=C(O)CN(CCCCc1cccc(O)c1O)NOc1cccc(O)c1O. The minimum absolute atomic E-state index is 0.0462. The molecule has 0 fully saturated rings. The van der Waals surface area contributed by atoms with Crippen LogP contribution < -0.4 is 10.4 Å². The molecule has 2 rings (SSSR count). The number of hydrazine groups is 1. The summed E-state index contributed by atoms with van der Waals surface area (Å²) < 4.78 is 0. The van der Waals surface area contributed by atoms with Gasteiger partial charge in [0.15, 0.2) is 23.0 Å². The number of nitrogens with zero attached hydrogens (tertiary/aromatic N) is 1. The standard InChI is InChI=1S/C18H22N2O7/c21-13-7-3-6-12(17(13)25)5-1-2-10-20(11-16(23)24)19-27-15-9-4-8-14(22)18(15)26/h3-4,6-9,19,21-22,25-26H,1-2,5,10-11H2,(H,23,24). The van der Waals surface area contributed by atoms with Gasteiger partial charge in [-0.25, -0.2) is 5.01 Å². The van der Waals surface area contributed by atoms with Crippen molar-refractivity contribution in [1.82, 2.24) is 10.6 Å². The Balaban J connectivity index is 1.86. The molecule has 6 N–H and O–H groups in total. The highest BCUT2D eigenvalue weighted by Gasteiger charge is 2.13. The molecule has 0 unspecified atom stereocenters. The zero-order chi connectivity index (χ0) is 19.8. The van der Waals surface area contributed by atoms with Crippen LogP contribution in [0, 0.1) is 0 Å². The molecule has 0 bridgehead atoms. The second-order valence-corrected chi connectivity index (χ2v) is 5.87. The summed E-state index contributed by atoms with van der Waals surface area (Å²) in [6.07, 6.45) is 1.71. The number of aliphatic carboxylic acids is 1. The minimum Gasteiger partial charge on any atom is -0.504 e. The second kappa shape index (κ2) is 9.51. The molecule has 0 aromatic heterocycles. The Morgan fingerprint density at radius 1 is 0.963 bits per heavy atom. The van der Waals surface area contributed by atoms with Gasteiger partial charge in [-0.15, -0.1) is 0 Å². The number of carboxylic acids is 1. The normalized spacial score (nSPS) is 10.9. The van der Waals surface area contributed by atoms with E-state index in [4.69, 9.17) is 9.94 Å². The molecule has 146 valence electrons. The third-order valence-corrected chi connectivity index (χ3v) is 3.81. The van der Waals surface area contributed by atoms with Crippen LogP contribution in [0.3, 0.4) is 0 Å². The lowest BCUT2D eigenvalue weighted by Gasteiger charge is -2.21. The first-order valence-electron chi connectivity index (χ1n) is 8.28. The Morgan fingerprint density at radius 3 is 2.33 bits per heavy atom. The van der Waals surface area contributed by atoms with Crippen LogP contribution in [-0.2, 0) is 11.2 Å². The summed E-state index contributed by atoms with van der Waals surface area (Å²) in [5.41, 5.74) is 3.05. The van der Waals surface area contributed by atoms with E-state index in [1.165, 1.54) is 29.3 Å². The maximum Gasteiger partial charge on any atom is 0.319 e. The number of hydrogen-bond acceptors (Lipinski definition) is 8. The fourth-order valence-electron chi connectivity index (χ4n) is 2.42. The van der Waals surface area contributed by atoms with E-state index >= 15 is 0 Å². The molecule has 9 heteroatoms. The lowest BCUT2D eigenvalue weighted by molar-refractivity contribution is -0.141. The first-order chi connectivity index (χ1) is 12.9. The van der Waals surface area contributed by atoms with E-state index in [1.807, 2.05) is 0 Å². The van der Waals surface area contributed by atoms with Gasteiger partial charge in [-0.2, -0.15) is 0 Å². The van der Waals surface area contributed by atoms with E-state index in [0.717, 1.165) is 0 Å². The van der Waals surface area contributed by atoms with Crippen molar-refractivity contribution in [2.45, 2.75) is 19.3 Å². The number of rotatable bonds is 10. The quantitative estimate of drug-likeness (QED) is 0.207. The molecule has 0 aliphatic heterocycles. The van der Waals surface area contributed by atoms with E-state index in [-0.39, 0.29) is 29.5 Å². The van der Waals surface area contributed by atoms with Gasteiger partial charge in [-0.1, -0.05) is 23.8 Å². The molecule has 0 aliphatic carbocycles. The summed E-state index contributed by atoms with van der Waals surface area (Å²) in [6.45, 7) is -0.0393. The average Bonchev–Trinajstić information content (AvgIpc) is 2.62. The molecule has 0 saturated carbocycles. The summed E-state index contributed by atoms with van der Waals surface area (Å²) in [5, 5.41) is 48.7. The summed E-state index contributed by atoms with van der Waals surface area (Å²) in [7, 11) is 0. The van der Waals surface area contributed by atoms with Gasteiger partial charge in [0.05, 0.1) is 0 Å². The van der Waals surface area contributed by atoms with Crippen LogP contribution in [0.4, 0.5) is 0 Å². The summed E-state index contributed by atoms with van der Waals surface area (Å²) in [4.78, 5) is 16.2. The van der Waals surface area contributed by atoms with Crippen molar-refractivity contribution in [3.63, 3.8) is 0 Å². The molecule has 0 aliphatic rings. The molecule has 0 saturated heterocycles. The van der Waals surface area contributed by atoms with E-state index in [0.29, 0.717) is 31.4 Å². The molecule has 2 aromatic rings. The number of aromatic hydroxyl groups is 4. The summed E-state index contributed by atoms with van der Waals surface area (Å²) in [5.74, 6) is -2.27. The van der Waals surface area contributed by atoms with Crippen molar-refractivity contribution in [3.8, 4) is 28.7 Å². The highest BCUT2D eigenvalue weighted by molar-refractivity contribution is 5.68. The third-order valence-electron chi connectivity index (χ3n) is 3.81. The zero-order valence-corrected chi connectivity index (χ0v) is 14.5. The fourth-order valence-corrected chi connectivity index (χ4v) is 2.42. The first kappa shape index (κ1) is 20.1. The molecule has 0 amide bonds. The summed E-state index contributed by atoms with van der Waals surface area (Å²) >= 11 is 0. The number of unbranched alkanes of at least 4 members (excludes halogenated alkanes) is 1. The van der Waals surface area contributed by atoms with Gasteiger partial charge in [0.25, 0.3) is 0 Å². The van der Waals surface area contributed by atoms with Gasteiger partial charge in [-0.3, -0.25) is 4.79 Å². The summed E-state index contributed by atoms with van der Waals surface area (Å²) in [6, 6.07) is 8.90. The van der Waals surface area contributed by atoms with E-state index in [1.54, 1.807) is 12.1 Å². The fraction of sp³-hybridized carbons (Fsp3) is 0.278. The molecule has 27 heavy (non-hydrogen) atoms. The first-order valence-corrected chi connectivity index (χ1v) is 8.28. The topological polar surface area (TPSA) is 143 Å². The van der Waals surface area contributed by atoms with Gasteiger partial charge < -0.3 is 30.4 Å². The number of nitrogens with one attached hydrogen (secondary N) is 1. The van der Waals surface area contributed by atoms with Crippen molar-refractivity contribution in [3.05, 3.63) is 42.0 Å². The predicted molar refractivity (Wildman–Crippen MR) is 95.5 cm³/mol. The highest BCUT2D eigenvalue weighted by Crippen LogP contribution is 2.34. The Morgan fingerprint density at radius 2 is 1.63 bits per heavy atom. The molecular weight excluding hydrogens is 356 g/mol. The molecular formula is C18H22N2O7. The van der Waals surface area contributed by atoms with Crippen LogP contribution in [0.5, 0.6) is 28.7 Å². The van der Waals surface area contributed by atoms with E-state index < -0.39 is 11.7 Å². The van der Waals surface area contributed by atoms with Crippen LogP contribution in [0.2, 0.25) is 0 Å². The zero-order valence-electron chi connectivity index (χ0n) is 14.5. The lowest BCUT2D eigenvalue weighted by atomic mass is 10.1. The lowest BCUT2D eigenvalue weighted by Crippen LogP contribution is -2.44. The predicted octanol–water partition coefficient (Wildman–Crippen LogP) is 1.72. The van der Waals surface area contributed by atoms with Gasteiger partial charge in [0, 0.05) is 6.54 Å². The van der Waals surface area contributed by atoms with Gasteiger partial charge in [0.1, 0.15) is 6.54 Å². The monoisotopic (exact) mass is 378 g/mol. The van der Waals surface area contributed by atoms with Crippen LogP contribution in [0.15, 0.2) is 36.4 Å². The molecule has 0 spiro atoms. The number of benzene rings is 2. The maximum absolute atomic E-state index is 11.0. The van der Waals surface area contributed by atoms with Crippen molar-refractivity contribution >= 4 is 5.97 Å². The third kappa shape index (κ3) is 5.94. The Hall–Kier alpha value is -3.17. The largest absolute Gasteiger partial charge is 0.504 e. The number of aryl methyl sites for hydroxylation is 1. The van der Waals surface area contributed by atoms with Crippen molar-refractivity contribution in [1.29, 1.82) is 0 Å². The number of phenols is 4. The van der Waals surface area contributed by atoms with Crippen LogP contribution in [0.25, 0.3) is 0 Å². The van der Waals surface area contributed by atoms with E-state index in [9.17, 15) is 25.2 Å². The van der Waals surface area contributed by atoms with Crippen LogP contribution in [0.1, 0.15) is 18.4 Å². The molecule has 0 radical (unpaired) electrons. The number of hydrogen-bond donors (Lipinski definition) is 6. The second-order valence-electron chi connectivity index (χ2n) is 5.87. The van der Waals surface area contributed by atoms with Crippen LogP contribution in [-0.4, -0.2) is 49.6 Å². The Bertz CT molecular complexity index is 782. The molecule has 2 aromatic carbocycles. The minimum atomic E-state index is -1.07. The molecule has 9 nitrogen and oxygen atoms in total. The number of carbonyl (C=O) groups is 1. The van der Waals surface area contributed by atoms with Crippen molar-refractivity contribution in [2.24, 2.45) is 0 Å². The Labute approximate surface area is 155 Å². The highest BCUT2D eigenvalue weighted by atomic mass is 16.7. The van der Waals surface area contributed by atoms with E-state index in [2.05, 4.69) is 5.59 Å². The number of para-hydroxylation sites is 2. The Kier molecular flexibility index (Phi) is 7.09. The van der Waals surface area contributed by atoms with Gasteiger partial charge >= 0.3 is 5.97 Å². The smallest absolute Gasteiger partial charge is 0.319 e.